The van der Waals surface area contributed by atoms with Crippen LogP contribution in [0.2, 0.25) is 0 Å². The number of hydrogen-bond donors (Lipinski definition) is 2. The first-order chi connectivity index (χ1) is 8.95. The van der Waals surface area contributed by atoms with E-state index in [-0.39, 0.29) is 11.9 Å². The lowest BCUT2D eigenvalue weighted by Gasteiger charge is -2.16. The lowest BCUT2D eigenvalue weighted by atomic mass is 10.2. The zero-order valence-electron chi connectivity index (χ0n) is 10.8. The van der Waals surface area contributed by atoms with Crippen molar-refractivity contribution in [2.24, 2.45) is 0 Å². The molecule has 1 heterocycles. The van der Waals surface area contributed by atoms with Crippen LogP contribution < -0.4 is 11.1 Å². The molecular weight excluding hydrogens is 327 g/mol. The summed E-state index contributed by atoms with van der Waals surface area (Å²) < 4.78 is 13.9. The van der Waals surface area contributed by atoms with Crippen molar-refractivity contribution in [2.75, 3.05) is 11.1 Å². The molecule has 5 heteroatoms. The molecule has 0 spiro atoms. The van der Waals surface area contributed by atoms with Gasteiger partial charge in [-0.2, -0.15) is 0 Å². The Hall–Kier alpha value is -1.07. The van der Waals surface area contributed by atoms with Crippen LogP contribution in [0.25, 0.3) is 0 Å². The van der Waals surface area contributed by atoms with E-state index in [2.05, 4.69) is 47.2 Å². The predicted octanol–water partition coefficient (Wildman–Crippen LogP) is 4.58. The summed E-state index contributed by atoms with van der Waals surface area (Å²) in [7, 11) is 0. The number of nitrogens with two attached hydrogens (primary N) is 1. The van der Waals surface area contributed by atoms with Gasteiger partial charge >= 0.3 is 0 Å². The summed E-state index contributed by atoms with van der Waals surface area (Å²) >= 11 is 4.91. The highest BCUT2D eigenvalue weighted by Crippen LogP contribution is 2.27. The number of benzene rings is 1. The number of anilines is 2. The zero-order chi connectivity index (χ0) is 14.0. The second kappa shape index (κ2) is 5.92. The topological polar surface area (TPSA) is 38.0 Å². The van der Waals surface area contributed by atoms with Gasteiger partial charge < -0.3 is 11.1 Å². The number of aryl methyl sites for hydroxylation is 1. The predicted molar refractivity (Wildman–Crippen MR) is 84.4 cm³/mol. The highest BCUT2D eigenvalue weighted by atomic mass is 79.9. The smallest absolute Gasteiger partial charge is 0.139 e. The average molecular weight is 343 g/mol. The van der Waals surface area contributed by atoms with E-state index in [1.165, 1.54) is 15.8 Å². The van der Waals surface area contributed by atoms with Crippen LogP contribution in [0.5, 0.6) is 0 Å². The maximum Gasteiger partial charge on any atom is 0.139 e. The zero-order valence-corrected chi connectivity index (χ0v) is 13.2. The quantitative estimate of drug-likeness (QED) is 0.798. The summed E-state index contributed by atoms with van der Waals surface area (Å²) in [5, 5.41) is 3.26. The second-order valence-corrected chi connectivity index (χ2v) is 6.84. The molecule has 1 unspecified atom stereocenters. The fourth-order valence-electron chi connectivity index (χ4n) is 1.90. The van der Waals surface area contributed by atoms with Gasteiger partial charge in [-0.1, -0.05) is 0 Å². The van der Waals surface area contributed by atoms with E-state index in [0.29, 0.717) is 15.8 Å². The Morgan fingerprint density at radius 3 is 2.79 bits per heavy atom. The Labute approximate surface area is 125 Å². The number of hydrogen-bond acceptors (Lipinski definition) is 3. The molecule has 2 rings (SSSR count). The molecule has 2 nitrogen and oxygen atoms in total. The highest BCUT2D eigenvalue weighted by Gasteiger charge is 2.10. The number of nitrogens with one attached hydrogen (secondary N) is 1. The minimum Gasteiger partial charge on any atom is -0.397 e. The van der Waals surface area contributed by atoms with E-state index in [4.69, 9.17) is 5.73 Å². The molecule has 0 aliphatic carbocycles. The number of halogens is 2. The van der Waals surface area contributed by atoms with Gasteiger partial charge in [-0.15, -0.1) is 11.3 Å². The van der Waals surface area contributed by atoms with E-state index >= 15 is 0 Å². The molecule has 0 saturated heterocycles. The van der Waals surface area contributed by atoms with Crippen LogP contribution in [-0.2, 0) is 6.42 Å². The first kappa shape index (κ1) is 14.3. The summed E-state index contributed by atoms with van der Waals surface area (Å²) in [5.74, 6) is -0.309. The van der Waals surface area contributed by atoms with Gasteiger partial charge in [0, 0.05) is 28.3 Å². The van der Waals surface area contributed by atoms with E-state index in [9.17, 15) is 4.39 Å². The van der Waals surface area contributed by atoms with Crippen LogP contribution in [0.4, 0.5) is 15.8 Å². The molecule has 102 valence electrons. The minimum atomic E-state index is -0.309. The first-order valence-electron chi connectivity index (χ1n) is 6.02. The van der Waals surface area contributed by atoms with Crippen LogP contribution in [0, 0.1) is 12.7 Å². The maximum absolute atomic E-state index is 13.5. The van der Waals surface area contributed by atoms with Crippen LogP contribution in [0.1, 0.15) is 16.7 Å². The summed E-state index contributed by atoms with van der Waals surface area (Å²) in [5.41, 5.74) is 7.06. The third-order valence-corrected chi connectivity index (χ3v) is 4.43. The molecule has 1 aromatic heterocycles. The van der Waals surface area contributed by atoms with Crippen molar-refractivity contribution >= 4 is 38.6 Å². The molecule has 1 aromatic carbocycles. The van der Waals surface area contributed by atoms with Gasteiger partial charge in [0.15, 0.2) is 0 Å². The Bertz CT molecular complexity index is 583. The van der Waals surface area contributed by atoms with Gasteiger partial charge in [0.25, 0.3) is 0 Å². The molecule has 1 atom stereocenters. The molecule has 0 bridgehead atoms. The molecule has 19 heavy (non-hydrogen) atoms. The lowest BCUT2D eigenvalue weighted by molar-refractivity contribution is 0.621. The molecule has 3 N–H and O–H groups in total. The number of nitrogen functional groups attached to an aromatic ring is 1. The second-order valence-electron chi connectivity index (χ2n) is 4.62. The molecule has 0 amide bonds. The Kier molecular flexibility index (Phi) is 4.47. The lowest BCUT2D eigenvalue weighted by Crippen LogP contribution is -2.18. The van der Waals surface area contributed by atoms with Crippen LogP contribution >= 0.6 is 27.3 Å². The van der Waals surface area contributed by atoms with Crippen LogP contribution in [0.15, 0.2) is 28.7 Å². The molecular formula is C14H16BrFN2S. The van der Waals surface area contributed by atoms with Gasteiger partial charge in [-0.05, 0) is 48.0 Å². The van der Waals surface area contributed by atoms with Crippen molar-refractivity contribution in [3.63, 3.8) is 0 Å². The summed E-state index contributed by atoms with van der Waals surface area (Å²) in [6.07, 6.45) is 0.898. The van der Waals surface area contributed by atoms with Gasteiger partial charge in [0.1, 0.15) is 5.82 Å². The molecule has 0 aliphatic rings. The van der Waals surface area contributed by atoms with Gasteiger partial charge in [0.2, 0.25) is 0 Å². The van der Waals surface area contributed by atoms with Gasteiger partial charge in [0.05, 0.1) is 15.8 Å². The number of rotatable bonds is 4. The third kappa shape index (κ3) is 3.70. The van der Waals surface area contributed by atoms with Crippen molar-refractivity contribution in [1.29, 1.82) is 0 Å². The van der Waals surface area contributed by atoms with Crippen molar-refractivity contribution in [3.8, 4) is 0 Å². The van der Waals surface area contributed by atoms with Gasteiger partial charge in [-0.25, -0.2) is 4.39 Å². The highest BCUT2D eigenvalue weighted by molar-refractivity contribution is 9.10. The molecule has 0 aliphatic heterocycles. The van der Waals surface area contributed by atoms with E-state index in [1.807, 2.05) is 0 Å². The first-order valence-corrected chi connectivity index (χ1v) is 7.63. The van der Waals surface area contributed by atoms with Crippen LogP contribution in [0.3, 0.4) is 0 Å². The van der Waals surface area contributed by atoms with Crippen molar-refractivity contribution in [1.82, 2.24) is 0 Å². The monoisotopic (exact) mass is 342 g/mol. The normalized spacial score (nSPS) is 12.4. The fourth-order valence-corrected chi connectivity index (χ4v) is 3.28. The Morgan fingerprint density at radius 2 is 2.16 bits per heavy atom. The van der Waals surface area contributed by atoms with E-state index < -0.39 is 0 Å². The number of thiophene rings is 1. The third-order valence-electron chi connectivity index (χ3n) is 2.80. The van der Waals surface area contributed by atoms with Gasteiger partial charge in [-0.3, -0.25) is 0 Å². The standard InChI is InChI=1S/C14H16BrFN2S/c1-8(5-10-4-3-9(2)19-10)18-14-7-12(16)11(15)6-13(14)17/h3-4,6-8,18H,5,17H2,1-2H3. The van der Waals surface area contributed by atoms with Crippen molar-refractivity contribution < 1.29 is 4.39 Å². The van der Waals surface area contributed by atoms with Crippen molar-refractivity contribution in [2.45, 2.75) is 26.3 Å². The van der Waals surface area contributed by atoms with E-state index in [0.717, 1.165) is 6.42 Å². The maximum atomic E-state index is 13.5. The summed E-state index contributed by atoms with van der Waals surface area (Å²) in [4.78, 5) is 2.62. The summed E-state index contributed by atoms with van der Waals surface area (Å²) in [6, 6.07) is 7.44. The summed E-state index contributed by atoms with van der Waals surface area (Å²) in [6.45, 7) is 4.16. The molecule has 0 fully saturated rings. The fraction of sp³-hybridized carbons (Fsp3) is 0.286. The molecule has 0 saturated carbocycles. The Morgan fingerprint density at radius 1 is 1.42 bits per heavy atom. The Balaban J connectivity index is 2.06. The SMILES string of the molecule is Cc1ccc(CC(C)Nc2cc(F)c(Br)cc2N)s1. The largest absolute Gasteiger partial charge is 0.397 e. The minimum absolute atomic E-state index is 0.195. The van der Waals surface area contributed by atoms with Crippen molar-refractivity contribution in [3.05, 3.63) is 44.3 Å². The molecule has 2 aromatic rings. The van der Waals surface area contributed by atoms with Crippen LogP contribution in [-0.4, -0.2) is 6.04 Å². The molecule has 0 radical (unpaired) electrons. The van der Waals surface area contributed by atoms with E-state index in [1.54, 1.807) is 17.4 Å². The average Bonchev–Trinajstić information content (AvgIpc) is 2.71.